The first-order valence-corrected chi connectivity index (χ1v) is 8.92. The van der Waals surface area contributed by atoms with Crippen molar-refractivity contribution in [3.63, 3.8) is 0 Å². The molecule has 0 aliphatic rings. The van der Waals surface area contributed by atoms with Crippen LogP contribution in [0.4, 0.5) is 5.69 Å². The molecule has 0 fully saturated rings. The average molecular weight is 352 g/mol. The Morgan fingerprint density at radius 1 is 1.26 bits per heavy atom. The number of quaternary nitrogens is 1. The standard InChI is InChI=1S/C18H23ClN2OS/c1-11-8-12(2)17(13(3)9-11)20-18(22)14(4)21(5)10-15-6-7-16(19)23-15/h6-9,14H,10H2,1-5H3,(H,20,22)/p+1/t14-/m1/s1. The van der Waals surface area contributed by atoms with Gasteiger partial charge in [0.2, 0.25) is 0 Å². The number of anilines is 1. The van der Waals surface area contributed by atoms with E-state index in [0.29, 0.717) is 0 Å². The molecule has 0 saturated heterocycles. The van der Waals surface area contributed by atoms with Gasteiger partial charge in [0.05, 0.1) is 16.3 Å². The number of thiophene rings is 1. The summed E-state index contributed by atoms with van der Waals surface area (Å²) in [6, 6.07) is 7.97. The van der Waals surface area contributed by atoms with Crippen molar-refractivity contribution in [3.05, 3.63) is 50.2 Å². The zero-order chi connectivity index (χ0) is 17.1. The highest BCUT2D eigenvalue weighted by molar-refractivity contribution is 7.16. The number of amides is 1. The van der Waals surface area contributed by atoms with Crippen LogP contribution in [0.15, 0.2) is 24.3 Å². The molecule has 1 amide bonds. The van der Waals surface area contributed by atoms with Gasteiger partial charge in [-0.3, -0.25) is 4.79 Å². The van der Waals surface area contributed by atoms with E-state index in [1.807, 2.05) is 40.0 Å². The molecule has 0 spiro atoms. The van der Waals surface area contributed by atoms with Crippen LogP contribution in [0.3, 0.4) is 0 Å². The van der Waals surface area contributed by atoms with Gasteiger partial charge in [0.25, 0.3) is 5.91 Å². The van der Waals surface area contributed by atoms with Crippen LogP contribution in [0.5, 0.6) is 0 Å². The molecule has 0 saturated carbocycles. The van der Waals surface area contributed by atoms with Gasteiger partial charge in [0, 0.05) is 5.69 Å². The molecule has 3 nitrogen and oxygen atoms in total. The third kappa shape index (κ3) is 4.56. The largest absolute Gasteiger partial charge is 0.323 e. The van der Waals surface area contributed by atoms with Crippen LogP contribution >= 0.6 is 22.9 Å². The summed E-state index contributed by atoms with van der Waals surface area (Å²) < 4.78 is 0.788. The van der Waals surface area contributed by atoms with Gasteiger partial charge in [-0.25, -0.2) is 0 Å². The minimum Gasteiger partial charge on any atom is -0.323 e. The molecule has 0 aliphatic heterocycles. The van der Waals surface area contributed by atoms with E-state index in [0.717, 1.165) is 32.6 Å². The summed E-state index contributed by atoms with van der Waals surface area (Å²) >= 11 is 7.54. The van der Waals surface area contributed by atoms with Crippen molar-refractivity contribution in [3.8, 4) is 0 Å². The summed E-state index contributed by atoms with van der Waals surface area (Å²) in [6.07, 6.45) is 0. The third-order valence-corrected chi connectivity index (χ3v) is 5.37. The fraction of sp³-hybridized carbons (Fsp3) is 0.389. The molecule has 5 heteroatoms. The van der Waals surface area contributed by atoms with Crippen molar-refractivity contribution >= 4 is 34.5 Å². The normalized spacial score (nSPS) is 13.7. The summed E-state index contributed by atoms with van der Waals surface area (Å²) in [6.45, 7) is 8.88. The topological polar surface area (TPSA) is 33.5 Å². The second kappa shape index (κ2) is 7.47. The molecule has 2 N–H and O–H groups in total. The lowest BCUT2D eigenvalue weighted by molar-refractivity contribution is -0.907. The van der Waals surface area contributed by atoms with E-state index in [1.54, 1.807) is 11.3 Å². The number of carbonyl (C=O) groups excluding carboxylic acids is 1. The second-order valence-corrected chi connectivity index (χ2v) is 8.01. The smallest absolute Gasteiger partial charge is 0.282 e. The van der Waals surface area contributed by atoms with Gasteiger partial charge in [-0.2, -0.15) is 0 Å². The van der Waals surface area contributed by atoms with Crippen LogP contribution in [-0.4, -0.2) is 19.0 Å². The molecular weight excluding hydrogens is 328 g/mol. The van der Waals surface area contributed by atoms with Gasteiger partial charge in [-0.1, -0.05) is 29.3 Å². The molecule has 0 bridgehead atoms. The number of carbonyl (C=O) groups is 1. The number of nitrogens with one attached hydrogen (secondary N) is 2. The van der Waals surface area contributed by atoms with Crippen molar-refractivity contribution in [1.29, 1.82) is 0 Å². The Morgan fingerprint density at radius 2 is 1.87 bits per heavy atom. The van der Waals surface area contributed by atoms with Crippen LogP contribution in [0.2, 0.25) is 4.34 Å². The van der Waals surface area contributed by atoms with Gasteiger partial charge < -0.3 is 10.2 Å². The van der Waals surface area contributed by atoms with E-state index in [4.69, 9.17) is 11.6 Å². The van der Waals surface area contributed by atoms with Crippen LogP contribution in [0.25, 0.3) is 0 Å². The number of hydrogen-bond acceptors (Lipinski definition) is 2. The fourth-order valence-electron chi connectivity index (χ4n) is 2.71. The lowest BCUT2D eigenvalue weighted by atomic mass is 10.0. The Labute approximate surface area is 147 Å². The number of rotatable bonds is 5. The van der Waals surface area contributed by atoms with Crippen LogP contribution in [-0.2, 0) is 11.3 Å². The summed E-state index contributed by atoms with van der Waals surface area (Å²) in [5.74, 6) is 0.0419. The number of benzene rings is 1. The van der Waals surface area contributed by atoms with Crippen LogP contribution in [0, 0.1) is 20.8 Å². The first-order chi connectivity index (χ1) is 10.8. The van der Waals surface area contributed by atoms with E-state index in [-0.39, 0.29) is 11.9 Å². The van der Waals surface area contributed by atoms with Crippen LogP contribution in [0.1, 0.15) is 28.5 Å². The van der Waals surface area contributed by atoms with Crippen molar-refractivity contribution in [2.24, 2.45) is 0 Å². The Hall–Kier alpha value is -1.36. The van der Waals surface area contributed by atoms with E-state index < -0.39 is 0 Å². The Kier molecular flexibility index (Phi) is 5.84. The maximum Gasteiger partial charge on any atom is 0.282 e. The highest BCUT2D eigenvalue weighted by Crippen LogP contribution is 2.22. The fourth-order valence-corrected chi connectivity index (χ4v) is 3.89. The van der Waals surface area contributed by atoms with Crippen molar-refractivity contribution in [2.75, 3.05) is 12.4 Å². The monoisotopic (exact) mass is 351 g/mol. The van der Waals surface area contributed by atoms with Crippen molar-refractivity contribution in [1.82, 2.24) is 0 Å². The zero-order valence-electron chi connectivity index (χ0n) is 14.3. The molecule has 1 aromatic heterocycles. The third-order valence-electron chi connectivity index (χ3n) is 4.14. The molecule has 1 heterocycles. The predicted octanol–water partition coefficient (Wildman–Crippen LogP) is 3.37. The van der Waals surface area contributed by atoms with Gasteiger partial charge in [0.1, 0.15) is 6.54 Å². The first-order valence-electron chi connectivity index (χ1n) is 7.73. The van der Waals surface area contributed by atoms with E-state index in [1.165, 1.54) is 10.4 Å². The zero-order valence-corrected chi connectivity index (χ0v) is 15.9. The predicted molar refractivity (Wildman–Crippen MR) is 98.7 cm³/mol. The number of likely N-dealkylation sites (N-methyl/N-ethyl adjacent to an activating group) is 1. The molecule has 124 valence electrons. The summed E-state index contributed by atoms with van der Waals surface area (Å²) in [5, 5.41) is 3.09. The first kappa shape index (κ1) is 18.0. The molecular formula is C18H24ClN2OS+. The van der Waals surface area contributed by atoms with Gasteiger partial charge >= 0.3 is 0 Å². The van der Waals surface area contributed by atoms with Gasteiger partial charge in [-0.15, -0.1) is 11.3 Å². The van der Waals surface area contributed by atoms with E-state index >= 15 is 0 Å². The van der Waals surface area contributed by atoms with Gasteiger partial charge in [0.15, 0.2) is 6.04 Å². The number of hydrogen-bond donors (Lipinski definition) is 2. The van der Waals surface area contributed by atoms with Gasteiger partial charge in [-0.05, 0) is 51.0 Å². The average Bonchev–Trinajstić information content (AvgIpc) is 2.86. The minimum atomic E-state index is -0.143. The van der Waals surface area contributed by atoms with E-state index in [2.05, 4.69) is 24.4 Å². The summed E-state index contributed by atoms with van der Waals surface area (Å²) in [5.41, 5.74) is 4.35. The molecule has 2 aromatic rings. The molecule has 0 aliphatic carbocycles. The minimum absolute atomic E-state index is 0.0419. The Bertz CT molecular complexity index is 688. The van der Waals surface area contributed by atoms with Crippen molar-refractivity contribution in [2.45, 2.75) is 40.3 Å². The van der Waals surface area contributed by atoms with Crippen molar-refractivity contribution < 1.29 is 9.69 Å². The SMILES string of the molecule is Cc1cc(C)c(NC(=O)[C@@H](C)[NH+](C)Cc2ccc(Cl)s2)c(C)c1. The quantitative estimate of drug-likeness (QED) is 0.850. The highest BCUT2D eigenvalue weighted by atomic mass is 35.5. The molecule has 1 aromatic carbocycles. The number of aryl methyl sites for hydroxylation is 3. The van der Waals surface area contributed by atoms with E-state index in [9.17, 15) is 4.79 Å². The molecule has 2 rings (SSSR count). The lowest BCUT2D eigenvalue weighted by Gasteiger charge is -2.21. The number of halogens is 1. The van der Waals surface area contributed by atoms with Crippen LogP contribution < -0.4 is 10.2 Å². The molecule has 2 atom stereocenters. The maximum atomic E-state index is 12.6. The Morgan fingerprint density at radius 3 is 2.39 bits per heavy atom. The molecule has 23 heavy (non-hydrogen) atoms. The maximum absolute atomic E-state index is 12.6. The second-order valence-electron chi connectivity index (χ2n) is 6.21. The highest BCUT2D eigenvalue weighted by Gasteiger charge is 2.23. The lowest BCUT2D eigenvalue weighted by Crippen LogP contribution is -3.12. The molecule has 1 unspecified atom stereocenters. The Balaban J connectivity index is 2.05. The summed E-state index contributed by atoms with van der Waals surface area (Å²) in [7, 11) is 2.03. The molecule has 0 radical (unpaired) electrons. The summed E-state index contributed by atoms with van der Waals surface area (Å²) in [4.78, 5) is 14.9.